The molecule has 2 rings (SSSR count). The summed E-state index contributed by atoms with van der Waals surface area (Å²) in [6, 6.07) is 9.11. The van der Waals surface area contributed by atoms with Crippen molar-refractivity contribution in [3.8, 4) is 11.5 Å². The first kappa shape index (κ1) is 13.4. The van der Waals surface area contributed by atoms with Gasteiger partial charge in [-0.25, -0.2) is 0 Å². The van der Waals surface area contributed by atoms with Gasteiger partial charge in [0.15, 0.2) is 11.5 Å². The number of methoxy groups -OCH3 is 2. The van der Waals surface area contributed by atoms with E-state index in [2.05, 4.69) is 4.98 Å². The number of aryl methyl sites for hydroxylation is 1. The maximum absolute atomic E-state index is 10.4. The van der Waals surface area contributed by atoms with Gasteiger partial charge in [-0.1, -0.05) is 12.1 Å². The predicted molar refractivity (Wildman–Crippen MR) is 72.6 cm³/mol. The number of hydrogen-bond acceptors (Lipinski definition) is 4. The summed E-state index contributed by atoms with van der Waals surface area (Å²) < 4.78 is 10.4. The normalized spacial score (nSPS) is 12.0. The lowest BCUT2D eigenvalue weighted by Gasteiger charge is -2.15. The summed E-state index contributed by atoms with van der Waals surface area (Å²) >= 11 is 0. The number of nitrogens with zero attached hydrogens (tertiary/aromatic N) is 1. The molecule has 1 heterocycles. The number of ether oxygens (including phenoxy) is 2. The SMILES string of the molecule is COc1ccc([C@H](O)c2ncccc2C)cc1OC. The molecule has 0 saturated carbocycles. The average molecular weight is 259 g/mol. The number of aliphatic hydroxyl groups is 1. The van der Waals surface area contributed by atoms with Gasteiger partial charge in [0.25, 0.3) is 0 Å². The van der Waals surface area contributed by atoms with Crippen molar-refractivity contribution >= 4 is 0 Å². The maximum Gasteiger partial charge on any atom is 0.161 e. The number of aliphatic hydroxyl groups excluding tert-OH is 1. The van der Waals surface area contributed by atoms with Gasteiger partial charge in [0.1, 0.15) is 6.10 Å². The predicted octanol–water partition coefficient (Wildman–Crippen LogP) is 2.49. The Bertz CT molecular complexity index is 569. The van der Waals surface area contributed by atoms with Crippen molar-refractivity contribution in [1.29, 1.82) is 0 Å². The summed E-state index contributed by atoms with van der Waals surface area (Å²) in [6.45, 7) is 1.92. The molecule has 0 fully saturated rings. The molecule has 0 unspecified atom stereocenters. The first-order valence-corrected chi connectivity index (χ1v) is 5.99. The van der Waals surface area contributed by atoms with E-state index in [9.17, 15) is 5.11 Å². The highest BCUT2D eigenvalue weighted by atomic mass is 16.5. The maximum atomic E-state index is 10.4. The Morgan fingerprint density at radius 1 is 1.11 bits per heavy atom. The van der Waals surface area contributed by atoms with Crippen LogP contribution in [0.5, 0.6) is 11.5 Å². The van der Waals surface area contributed by atoms with Gasteiger partial charge >= 0.3 is 0 Å². The first-order chi connectivity index (χ1) is 9.17. The van der Waals surface area contributed by atoms with E-state index in [-0.39, 0.29) is 0 Å². The zero-order chi connectivity index (χ0) is 13.8. The minimum Gasteiger partial charge on any atom is -0.493 e. The largest absolute Gasteiger partial charge is 0.493 e. The molecule has 19 heavy (non-hydrogen) atoms. The van der Waals surface area contributed by atoms with Crippen LogP contribution in [0, 0.1) is 6.92 Å². The second kappa shape index (κ2) is 5.71. The van der Waals surface area contributed by atoms with E-state index >= 15 is 0 Å². The number of benzene rings is 1. The Morgan fingerprint density at radius 3 is 2.47 bits per heavy atom. The molecule has 1 atom stereocenters. The lowest BCUT2D eigenvalue weighted by molar-refractivity contribution is 0.213. The molecule has 0 amide bonds. The first-order valence-electron chi connectivity index (χ1n) is 5.99. The van der Waals surface area contributed by atoms with Crippen molar-refractivity contribution in [2.45, 2.75) is 13.0 Å². The Morgan fingerprint density at radius 2 is 1.84 bits per heavy atom. The topological polar surface area (TPSA) is 51.6 Å². The lowest BCUT2D eigenvalue weighted by atomic mass is 10.0. The fraction of sp³-hybridized carbons (Fsp3) is 0.267. The Kier molecular flexibility index (Phi) is 4.02. The van der Waals surface area contributed by atoms with Crippen molar-refractivity contribution in [2.24, 2.45) is 0 Å². The quantitative estimate of drug-likeness (QED) is 0.916. The molecule has 100 valence electrons. The number of hydrogen-bond donors (Lipinski definition) is 1. The van der Waals surface area contributed by atoms with E-state index in [1.54, 1.807) is 38.6 Å². The van der Waals surface area contributed by atoms with E-state index in [1.165, 1.54) is 0 Å². The van der Waals surface area contributed by atoms with Crippen LogP contribution in [0.3, 0.4) is 0 Å². The Labute approximate surface area is 112 Å². The average Bonchev–Trinajstić information content (AvgIpc) is 2.46. The van der Waals surface area contributed by atoms with Crippen LogP contribution < -0.4 is 9.47 Å². The van der Waals surface area contributed by atoms with Gasteiger partial charge in [-0.15, -0.1) is 0 Å². The van der Waals surface area contributed by atoms with Crippen molar-refractivity contribution in [3.63, 3.8) is 0 Å². The molecule has 0 radical (unpaired) electrons. The summed E-state index contributed by atoms with van der Waals surface area (Å²) in [7, 11) is 3.15. The molecule has 0 bridgehead atoms. The molecular weight excluding hydrogens is 242 g/mol. The van der Waals surface area contributed by atoms with Gasteiger partial charge in [0, 0.05) is 6.20 Å². The number of aromatic nitrogens is 1. The van der Waals surface area contributed by atoms with E-state index in [4.69, 9.17) is 9.47 Å². The molecule has 1 aromatic carbocycles. The minimum absolute atomic E-state index is 0.590. The molecule has 0 aliphatic carbocycles. The van der Waals surface area contributed by atoms with Gasteiger partial charge in [0.2, 0.25) is 0 Å². The summed E-state index contributed by atoms with van der Waals surface area (Å²) in [4.78, 5) is 4.23. The van der Waals surface area contributed by atoms with Crippen LogP contribution in [-0.2, 0) is 0 Å². The second-order valence-corrected chi connectivity index (χ2v) is 4.22. The molecule has 0 saturated heterocycles. The molecule has 1 N–H and O–H groups in total. The van der Waals surface area contributed by atoms with Crippen LogP contribution in [0.15, 0.2) is 36.5 Å². The fourth-order valence-corrected chi connectivity index (χ4v) is 1.96. The van der Waals surface area contributed by atoms with Crippen LogP contribution in [0.4, 0.5) is 0 Å². The molecule has 4 nitrogen and oxygen atoms in total. The minimum atomic E-state index is -0.777. The van der Waals surface area contributed by atoms with Gasteiger partial charge in [-0.05, 0) is 36.2 Å². The highest BCUT2D eigenvalue weighted by Gasteiger charge is 2.16. The lowest BCUT2D eigenvalue weighted by Crippen LogP contribution is -2.05. The third-order valence-electron chi connectivity index (χ3n) is 3.03. The smallest absolute Gasteiger partial charge is 0.161 e. The molecule has 1 aromatic heterocycles. The van der Waals surface area contributed by atoms with Gasteiger partial charge in [-0.2, -0.15) is 0 Å². The van der Waals surface area contributed by atoms with Gasteiger partial charge in [0.05, 0.1) is 19.9 Å². The highest BCUT2D eigenvalue weighted by molar-refractivity contribution is 5.45. The van der Waals surface area contributed by atoms with E-state index in [0.717, 1.165) is 11.1 Å². The molecule has 0 aliphatic rings. The Balaban J connectivity index is 2.39. The zero-order valence-electron chi connectivity index (χ0n) is 11.3. The van der Waals surface area contributed by atoms with E-state index in [0.29, 0.717) is 17.2 Å². The van der Waals surface area contributed by atoms with E-state index in [1.807, 2.05) is 19.1 Å². The molecule has 2 aromatic rings. The molecule has 0 aliphatic heterocycles. The Hall–Kier alpha value is -2.07. The van der Waals surface area contributed by atoms with Gasteiger partial charge < -0.3 is 14.6 Å². The van der Waals surface area contributed by atoms with Crippen molar-refractivity contribution in [3.05, 3.63) is 53.3 Å². The number of rotatable bonds is 4. The third kappa shape index (κ3) is 2.69. The molecular formula is C15H17NO3. The molecule has 0 spiro atoms. The zero-order valence-corrected chi connectivity index (χ0v) is 11.3. The summed E-state index contributed by atoms with van der Waals surface area (Å²) in [5, 5.41) is 10.4. The highest BCUT2D eigenvalue weighted by Crippen LogP contribution is 2.32. The van der Waals surface area contributed by atoms with Gasteiger partial charge in [-0.3, -0.25) is 4.98 Å². The van der Waals surface area contributed by atoms with Crippen LogP contribution in [-0.4, -0.2) is 24.3 Å². The van der Waals surface area contributed by atoms with Crippen LogP contribution in [0.1, 0.15) is 22.9 Å². The summed E-state index contributed by atoms with van der Waals surface area (Å²) in [5.41, 5.74) is 2.32. The molecule has 4 heteroatoms. The van der Waals surface area contributed by atoms with Crippen LogP contribution in [0.2, 0.25) is 0 Å². The summed E-state index contributed by atoms with van der Waals surface area (Å²) in [5.74, 6) is 1.23. The van der Waals surface area contributed by atoms with Crippen LogP contribution >= 0.6 is 0 Å². The van der Waals surface area contributed by atoms with Crippen molar-refractivity contribution < 1.29 is 14.6 Å². The fourth-order valence-electron chi connectivity index (χ4n) is 1.96. The monoisotopic (exact) mass is 259 g/mol. The van der Waals surface area contributed by atoms with Crippen LogP contribution in [0.25, 0.3) is 0 Å². The van der Waals surface area contributed by atoms with E-state index < -0.39 is 6.10 Å². The third-order valence-corrected chi connectivity index (χ3v) is 3.03. The van der Waals surface area contributed by atoms with Crippen molar-refractivity contribution in [2.75, 3.05) is 14.2 Å². The standard InChI is InChI=1S/C15H17NO3/c1-10-5-4-8-16-14(10)15(17)11-6-7-12(18-2)13(9-11)19-3/h4-9,15,17H,1-3H3/t15-/m0/s1. The number of pyridine rings is 1. The van der Waals surface area contributed by atoms with Crippen molar-refractivity contribution in [1.82, 2.24) is 4.98 Å². The summed E-state index contributed by atoms with van der Waals surface area (Å²) in [6.07, 6.45) is 0.896. The second-order valence-electron chi connectivity index (χ2n) is 4.22.